The van der Waals surface area contributed by atoms with Gasteiger partial charge in [-0.15, -0.1) is 0 Å². The van der Waals surface area contributed by atoms with Crippen LogP contribution in [0.5, 0.6) is 11.5 Å². The maximum absolute atomic E-state index is 12.1. The molecule has 0 aliphatic rings. The van der Waals surface area contributed by atoms with E-state index in [1.54, 1.807) is 0 Å². The van der Waals surface area contributed by atoms with Gasteiger partial charge in [0.25, 0.3) is 5.91 Å². The average Bonchev–Trinajstić information content (AvgIpc) is 2.63. The highest BCUT2D eigenvalue weighted by Crippen LogP contribution is 2.35. The summed E-state index contributed by atoms with van der Waals surface area (Å²) in [4.78, 5) is 36.0. The van der Waals surface area contributed by atoms with Gasteiger partial charge in [-0.2, -0.15) is 0 Å². The maximum Gasteiger partial charge on any atom is 0.316 e. The first kappa shape index (κ1) is 19.1. The quantitative estimate of drug-likeness (QED) is 0.552. The molecule has 2 aromatic carbocycles. The maximum atomic E-state index is 12.1. The van der Waals surface area contributed by atoms with Gasteiger partial charge in [0.15, 0.2) is 0 Å². The molecular weight excluding hydrogens is 362 g/mol. The highest BCUT2D eigenvalue weighted by molar-refractivity contribution is 6.42. The zero-order valence-electron chi connectivity index (χ0n) is 14.0. The van der Waals surface area contributed by atoms with Crippen molar-refractivity contribution in [2.24, 2.45) is 0 Å². The van der Waals surface area contributed by atoms with Gasteiger partial charge in [0.2, 0.25) is 0 Å². The molecule has 0 atom stereocenters. The molecule has 0 bridgehead atoms. The van der Waals surface area contributed by atoms with Gasteiger partial charge >= 0.3 is 11.8 Å². The number of halogens is 1. The van der Waals surface area contributed by atoms with Crippen LogP contribution in [0, 0.1) is 0 Å². The SMILES string of the molecule is COc1cc(NC(=O)C(=O)NC(=O)c2ccc(N)cc2)c(OC)cc1Cl. The molecule has 0 saturated carbocycles. The van der Waals surface area contributed by atoms with Crippen molar-refractivity contribution < 1.29 is 23.9 Å². The summed E-state index contributed by atoms with van der Waals surface area (Å²) in [6, 6.07) is 8.70. The number of carbonyl (C=O) groups excluding carboxylic acids is 3. The van der Waals surface area contributed by atoms with E-state index in [0.717, 1.165) is 0 Å². The van der Waals surface area contributed by atoms with Gasteiger partial charge < -0.3 is 20.5 Å². The Hall–Kier alpha value is -3.26. The molecule has 136 valence electrons. The summed E-state index contributed by atoms with van der Waals surface area (Å²) >= 11 is 5.98. The monoisotopic (exact) mass is 377 g/mol. The Morgan fingerprint density at radius 3 is 2.15 bits per heavy atom. The van der Waals surface area contributed by atoms with E-state index in [2.05, 4.69) is 5.32 Å². The van der Waals surface area contributed by atoms with Gasteiger partial charge in [0.1, 0.15) is 11.5 Å². The Bertz CT molecular complexity index is 852. The molecule has 8 nitrogen and oxygen atoms in total. The van der Waals surface area contributed by atoms with Crippen LogP contribution in [0.25, 0.3) is 0 Å². The number of anilines is 2. The summed E-state index contributed by atoms with van der Waals surface area (Å²) in [6.45, 7) is 0. The lowest BCUT2D eigenvalue weighted by atomic mass is 10.2. The normalized spacial score (nSPS) is 9.96. The van der Waals surface area contributed by atoms with E-state index in [-0.39, 0.29) is 27.8 Å². The molecule has 0 aromatic heterocycles. The average molecular weight is 378 g/mol. The van der Waals surface area contributed by atoms with Crippen LogP contribution in [0.1, 0.15) is 10.4 Å². The van der Waals surface area contributed by atoms with Crippen molar-refractivity contribution in [1.29, 1.82) is 0 Å². The molecular formula is C17H16ClN3O5. The number of rotatable bonds is 4. The summed E-state index contributed by atoms with van der Waals surface area (Å²) in [5.74, 6) is -2.42. The molecule has 2 rings (SSSR count). The van der Waals surface area contributed by atoms with Gasteiger partial charge in [-0.3, -0.25) is 19.7 Å². The molecule has 26 heavy (non-hydrogen) atoms. The topological polar surface area (TPSA) is 120 Å². The van der Waals surface area contributed by atoms with Crippen LogP contribution < -0.4 is 25.8 Å². The second-order valence-electron chi connectivity index (χ2n) is 5.05. The Labute approximate surface area is 154 Å². The fraction of sp³-hybridized carbons (Fsp3) is 0.118. The summed E-state index contributed by atoms with van der Waals surface area (Å²) in [7, 11) is 2.77. The van der Waals surface area contributed by atoms with Crippen LogP contribution in [0.4, 0.5) is 11.4 Å². The first-order valence-electron chi connectivity index (χ1n) is 7.29. The van der Waals surface area contributed by atoms with Gasteiger partial charge in [0.05, 0.1) is 24.9 Å². The number of hydrogen-bond donors (Lipinski definition) is 3. The lowest BCUT2D eigenvalue weighted by molar-refractivity contribution is -0.135. The third-order valence-corrected chi connectivity index (χ3v) is 3.62. The van der Waals surface area contributed by atoms with Crippen molar-refractivity contribution in [3.05, 3.63) is 47.0 Å². The lowest BCUT2D eigenvalue weighted by Crippen LogP contribution is -2.39. The number of carbonyl (C=O) groups is 3. The Morgan fingerprint density at radius 2 is 1.58 bits per heavy atom. The number of nitrogens with two attached hydrogens (primary N) is 1. The van der Waals surface area contributed by atoms with E-state index in [0.29, 0.717) is 5.69 Å². The molecule has 0 radical (unpaired) electrons. The molecule has 3 amide bonds. The summed E-state index contributed by atoms with van der Waals surface area (Å²) in [5, 5.41) is 4.60. The molecule has 0 saturated heterocycles. The second-order valence-corrected chi connectivity index (χ2v) is 5.45. The zero-order valence-corrected chi connectivity index (χ0v) is 14.7. The number of amides is 3. The van der Waals surface area contributed by atoms with Crippen LogP contribution in [0.3, 0.4) is 0 Å². The summed E-state index contributed by atoms with van der Waals surface area (Å²) in [6.07, 6.45) is 0. The van der Waals surface area contributed by atoms with E-state index in [1.165, 1.54) is 50.6 Å². The van der Waals surface area contributed by atoms with E-state index in [9.17, 15) is 14.4 Å². The minimum atomic E-state index is -1.14. The molecule has 0 fully saturated rings. The third kappa shape index (κ3) is 4.42. The predicted octanol–water partition coefficient (Wildman–Crippen LogP) is 1.83. The van der Waals surface area contributed by atoms with Gasteiger partial charge in [-0.05, 0) is 24.3 Å². The smallest absolute Gasteiger partial charge is 0.316 e. The largest absolute Gasteiger partial charge is 0.495 e. The Morgan fingerprint density at radius 1 is 0.962 bits per heavy atom. The number of ether oxygens (including phenoxy) is 2. The van der Waals surface area contributed by atoms with Crippen molar-refractivity contribution in [2.45, 2.75) is 0 Å². The highest BCUT2D eigenvalue weighted by atomic mass is 35.5. The van der Waals surface area contributed by atoms with Gasteiger partial charge in [-0.25, -0.2) is 0 Å². The molecule has 2 aromatic rings. The van der Waals surface area contributed by atoms with Crippen molar-refractivity contribution in [3.63, 3.8) is 0 Å². The first-order chi connectivity index (χ1) is 12.3. The number of nitrogen functional groups attached to an aromatic ring is 1. The minimum absolute atomic E-state index is 0.161. The standard InChI is InChI=1S/C17H16ClN3O5/c1-25-13-8-12(14(26-2)7-11(13)18)20-16(23)17(24)21-15(22)9-3-5-10(19)6-4-9/h3-8H,19H2,1-2H3,(H,20,23)(H,21,22,24). The Kier molecular flexibility index (Phi) is 6.03. The molecule has 9 heteroatoms. The molecule has 0 aliphatic carbocycles. The van der Waals surface area contributed by atoms with E-state index in [1.807, 2.05) is 5.32 Å². The first-order valence-corrected chi connectivity index (χ1v) is 7.67. The number of nitrogens with one attached hydrogen (secondary N) is 2. The van der Waals surface area contributed by atoms with Gasteiger partial charge in [0, 0.05) is 23.4 Å². The number of hydrogen-bond acceptors (Lipinski definition) is 6. The van der Waals surface area contributed by atoms with Crippen LogP contribution in [0.15, 0.2) is 36.4 Å². The number of methoxy groups -OCH3 is 2. The summed E-state index contributed by atoms with van der Waals surface area (Å²) in [5.41, 5.74) is 6.34. The lowest BCUT2D eigenvalue weighted by Gasteiger charge is -2.13. The van der Waals surface area contributed by atoms with E-state index in [4.69, 9.17) is 26.8 Å². The number of imide groups is 1. The molecule has 0 heterocycles. The summed E-state index contributed by atoms with van der Waals surface area (Å²) < 4.78 is 10.2. The van der Waals surface area contributed by atoms with Crippen molar-refractivity contribution in [2.75, 3.05) is 25.3 Å². The predicted molar refractivity (Wildman–Crippen MR) is 96.5 cm³/mol. The fourth-order valence-electron chi connectivity index (χ4n) is 2.00. The van der Waals surface area contributed by atoms with Crippen LogP contribution in [-0.4, -0.2) is 31.9 Å². The second kappa shape index (κ2) is 8.21. The van der Waals surface area contributed by atoms with Crippen LogP contribution >= 0.6 is 11.6 Å². The molecule has 0 spiro atoms. The molecule has 0 unspecified atom stereocenters. The van der Waals surface area contributed by atoms with Crippen molar-refractivity contribution in [1.82, 2.24) is 5.32 Å². The van der Waals surface area contributed by atoms with Gasteiger partial charge in [-0.1, -0.05) is 11.6 Å². The molecule has 0 aliphatic heterocycles. The zero-order chi connectivity index (χ0) is 19.3. The Balaban J connectivity index is 2.10. The third-order valence-electron chi connectivity index (χ3n) is 3.33. The van der Waals surface area contributed by atoms with Crippen LogP contribution in [0.2, 0.25) is 5.02 Å². The number of benzene rings is 2. The minimum Gasteiger partial charge on any atom is -0.495 e. The van der Waals surface area contributed by atoms with Crippen molar-refractivity contribution in [3.8, 4) is 11.5 Å². The highest BCUT2D eigenvalue weighted by Gasteiger charge is 2.20. The van der Waals surface area contributed by atoms with Crippen molar-refractivity contribution >= 4 is 40.7 Å². The molecule has 4 N–H and O–H groups in total. The van der Waals surface area contributed by atoms with Crippen LogP contribution in [-0.2, 0) is 9.59 Å². The van der Waals surface area contributed by atoms with E-state index >= 15 is 0 Å². The van der Waals surface area contributed by atoms with E-state index < -0.39 is 17.7 Å². The fourth-order valence-corrected chi connectivity index (χ4v) is 2.23.